The Hall–Kier alpha value is -1.83. The Morgan fingerprint density at radius 3 is 2.72 bits per heavy atom. The Bertz CT molecular complexity index is 557. The highest BCUT2D eigenvalue weighted by Crippen LogP contribution is 2.22. The summed E-state index contributed by atoms with van der Waals surface area (Å²) < 4.78 is 0. The minimum Gasteiger partial charge on any atom is -0.367 e. The number of pyridine rings is 1. The first-order chi connectivity index (χ1) is 8.22. The summed E-state index contributed by atoms with van der Waals surface area (Å²) in [6.45, 7) is 1.81. The van der Waals surface area contributed by atoms with Crippen LogP contribution in [-0.2, 0) is 0 Å². The summed E-state index contributed by atoms with van der Waals surface area (Å²) in [7, 11) is 0. The highest BCUT2D eigenvalue weighted by Gasteiger charge is 2.13. The SMILES string of the molecule is C[C@H](N)C(C#N)Nc1cncc2ccccc12.Cl. The second kappa shape index (κ2) is 6.20. The number of benzene rings is 1. The quantitative estimate of drug-likeness (QED) is 0.890. The van der Waals surface area contributed by atoms with Gasteiger partial charge in [-0.3, -0.25) is 4.98 Å². The summed E-state index contributed by atoms with van der Waals surface area (Å²) in [5.41, 5.74) is 6.57. The van der Waals surface area contributed by atoms with E-state index in [1.807, 2.05) is 24.3 Å². The third kappa shape index (κ3) is 2.89. The largest absolute Gasteiger partial charge is 0.367 e. The second-order valence-corrected chi connectivity index (χ2v) is 4.02. The highest BCUT2D eigenvalue weighted by molar-refractivity contribution is 5.92. The van der Waals surface area contributed by atoms with Crippen LogP contribution in [0.25, 0.3) is 10.8 Å². The van der Waals surface area contributed by atoms with Gasteiger partial charge in [-0.15, -0.1) is 12.4 Å². The van der Waals surface area contributed by atoms with Gasteiger partial charge in [0.05, 0.1) is 18.0 Å². The van der Waals surface area contributed by atoms with Crippen LogP contribution >= 0.6 is 12.4 Å². The van der Waals surface area contributed by atoms with E-state index in [-0.39, 0.29) is 18.4 Å². The van der Waals surface area contributed by atoms with Gasteiger partial charge in [0, 0.05) is 23.0 Å². The normalized spacial score (nSPS) is 13.2. The van der Waals surface area contributed by atoms with Gasteiger partial charge in [-0.25, -0.2) is 0 Å². The van der Waals surface area contributed by atoms with E-state index < -0.39 is 6.04 Å². The molecule has 0 fully saturated rings. The summed E-state index contributed by atoms with van der Waals surface area (Å²) in [6.07, 6.45) is 3.52. The number of hydrogen-bond acceptors (Lipinski definition) is 4. The zero-order valence-electron chi connectivity index (χ0n) is 10.00. The van der Waals surface area contributed by atoms with Crippen molar-refractivity contribution in [2.24, 2.45) is 5.73 Å². The van der Waals surface area contributed by atoms with E-state index in [9.17, 15) is 0 Å². The van der Waals surface area contributed by atoms with Crippen molar-refractivity contribution in [1.29, 1.82) is 5.26 Å². The maximum Gasteiger partial charge on any atom is 0.129 e. The number of nitrogens with two attached hydrogens (primary N) is 1. The molecule has 4 nitrogen and oxygen atoms in total. The standard InChI is InChI=1S/C13H14N4.ClH/c1-9(15)12(6-14)17-13-8-16-7-10-4-2-3-5-11(10)13;/h2-5,7-9,12,17H,15H2,1H3;1H/t9-,12?;/m0./s1. The third-order valence-electron chi connectivity index (χ3n) is 2.64. The molecule has 1 aromatic carbocycles. The fraction of sp³-hybridized carbons (Fsp3) is 0.231. The fourth-order valence-electron chi connectivity index (χ4n) is 1.68. The molecule has 2 aromatic rings. The lowest BCUT2D eigenvalue weighted by atomic mass is 10.1. The van der Waals surface area contributed by atoms with Gasteiger partial charge in [0.1, 0.15) is 6.04 Å². The van der Waals surface area contributed by atoms with Crippen molar-refractivity contribution in [3.05, 3.63) is 36.7 Å². The van der Waals surface area contributed by atoms with Crippen LogP contribution in [0.1, 0.15) is 6.92 Å². The predicted molar refractivity (Wildman–Crippen MR) is 75.7 cm³/mol. The Labute approximate surface area is 112 Å². The second-order valence-electron chi connectivity index (χ2n) is 4.02. The zero-order chi connectivity index (χ0) is 12.3. The molecule has 2 rings (SSSR count). The molecule has 0 aliphatic heterocycles. The van der Waals surface area contributed by atoms with Gasteiger partial charge in [-0.2, -0.15) is 5.26 Å². The number of nitriles is 1. The molecular weight excluding hydrogens is 248 g/mol. The van der Waals surface area contributed by atoms with E-state index in [0.717, 1.165) is 16.5 Å². The van der Waals surface area contributed by atoms with Crippen molar-refractivity contribution in [2.75, 3.05) is 5.32 Å². The number of rotatable bonds is 3. The number of fused-ring (bicyclic) bond motifs is 1. The molecule has 94 valence electrons. The molecule has 0 amide bonds. The van der Waals surface area contributed by atoms with Crippen LogP contribution in [0.4, 0.5) is 5.69 Å². The van der Waals surface area contributed by atoms with Crippen LogP contribution in [0, 0.1) is 11.3 Å². The lowest BCUT2D eigenvalue weighted by Crippen LogP contribution is -2.36. The van der Waals surface area contributed by atoms with Gasteiger partial charge in [0.2, 0.25) is 0 Å². The number of hydrogen-bond donors (Lipinski definition) is 2. The molecule has 0 aliphatic rings. The van der Waals surface area contributed by atoms with Gasteiger partial charge in [-0.1, -0.05) is 24.3 Å². The van der Waals surface area contributed by atoms with E-state index in [2.05, 4.69) is 16.4 Å². The molecule has 18 heavy (non-hydrogen) atoms. The molecule has 0 bridgehead atoms. The average molecular weight is 263 g/mol. The lowest BCUT2D eigenvalue weighted by Gasteiger charge is -2.17. The summed E-state index contributed by atoms with van der Waals surface area (Å²) >= 11 is 0. The highest BCUT2D eigenvalue weighted by atomic mass is 35.5. The average Bonchev–Trinajstić information content (AvgIpc) is 2.35. The molecular formula is C13H15ClN4. The lowest BCUT2D eigenvalue weighted by molar-refractivity contribution is 0.694. The molecule has 5 heteroatoms. The van der Waals surface area contributed by atoms with Crippen LogP contribution in [-0.4, -0.2) is 17.1 Å². The van der Waals surface area contributed by atoms with Crippen LogP contribution in [0.15, 0.2) is 36.7 Å². The number of nitrogens with zero attached hydrogens (tertiary/aromatic N) is 2. The number of halogens is 1. The molecule has 2 atom stereocenters. The topological polar surface area (TPSA) is 74.7 Å². The molecule has 3 N–H and O–H groups in total. The van der Waals surface area contributed by atoms with Crippen LogP contribution < -0.4 is 11.1 Å². The summed E-state index contributed by atoms with van der Waals surface area (Å²) in [5, 5.41) is 14.2. The van der Waals surface area contributed by atoms with E-state index in [4.69, 9.17) is 11.0 Å². The molecule has 1 aromatic heterocycles. The maximum atomic E-state index is 9.02. The molecule has 0 radical (unpaired) electrons. The summed E-state index contributed by atoms with van der Waals surface area (Å²) in [5.74, 6) is 0. The molecule has 1 heterocycles. The van der Waals surface area contributed by atoms with Crippen molar-refractivity contribution in [1.82, 2.24) is 4.98 Å². The maximum absolute atomic E-state index is 9.02. The summed E-state index contributed by atoms with van der Waals surface area (Å²) in [4.78, 5) is 4.15. The van der Waals surface area contributed by atoms with Gasteiger partial charge >= 0.3 is 0 Å². The van der Waals surface area contributed by atoms with E-state index >= 15 is 0 Å². The van der Waals surface area contributed by atoms with Crippen molar-refractivity contribution in [3.63, 3.8) is 0 Å². The minimum atomic E-state index is -0.414. The van der Waals surface area contributed by atoms with Gasteiger partial charge in [0.25, 0.3) is 0 Å². The van der Waals surface area contributed by atoms with Crippen LogP contribution in [0.2, 0.25) is 0 Å². The molecule has 0 saturated heterocycles. The Balaban J connectivity index is 0.00000162. The molecule has 0 spiro atoms. The molecule has 0 aliphatic carbocycles. The molecule has 0 saturated carbocycles. The smallest absolute Gasteiger partial charge is 0.129 e. The van der Waals surface area contributed by atoms with Gasteiger partial charge in [-0.05, 0) is 6.92 Å². The van der Waals surface area contributed by atoms with Crippen LogP contribution in [0.3, 0.4) is 0 Å². The predicted octanol–water partition coefficient (Wildman–Crippen LogP) is 2.31. The van der Waals surface area contributed by atoms with E-state index in [0.29, 0.717) is 0 Å². The Morgan fingerprint density at radius 1 is 1.33 bits per heavy atom. The zero-order valence-corrected chi connectivity index (χ0v) is 10.8. The first-order valence-electron chi connectivity index (χ1n) is 5.47. The number of nitrogens with one attached hydrogen (secondary N) is 1. The monoisotopic (exact) mass is 262 g/mol. The molecule has 1 unspecified atom stereocenters. The van der Waals surface area contributed by atoms with Gasteiger partial charge in [0.15, 0.2) is 0 Å². The Morgan fingerprint density at radius 2 is 2.06 bits per heavy atom. The van der Waals surface area contributed by atoms with E-state index in [1.165, 1.54) is 0 Å². The first kappa shape index (κ1) is 14.2. The Kier molecular flexibility index (Phi) is 4.90. The van der Waals surface area contributed by atoms with E-state index in [1.54, 1.807) is 19.3 Å². The van der Waals surface area contributed by atoms with Crippen LogP contribution in [0.5, 0.6) is 0 Å². The van der Waals surface area contributed by atoms with Gasteiger partial charge < -0.3 is 11.1 Å². The summed E-state index contributed by atoms with van der Waals surface area (Å²) in [6, 6.07) is 9.40. The van der Waals surface area contributed by atoms with Crippen molar-refractivity contribution < 1.29 is 0 Å². The van der Waals surface area contributed by atoms with Crippen molar-refractivity contribution in [3.8, 4) is 6.07 Å². The number of aromatic nitrogens is 1. The third-order valence-corrected chi connectivity index (χ3v) is 2.64. The minimum absolute atomic E-state index is 0. The fourth-order valence-corrected chi connectivity index (χ4v) is 1.68. The van der Waals surface area contributed by atoms with Crippen molar-refractivity contribution in [2.45, 2.75) is 19.0 Å². The van der Waals surface area contributed by atoms with Crippen molar-refractivity contribution >= 4 is 28.9 Å². The number of anilines is 1. The first-order valence-corrected chi connectivity index (χ1v) is 5.47.